The van der Waals surface area contributed by atoms with E-state index in [0.717, 1.165) is 39.2 Å². The van der Waals surface area contributed by atoms with Crippen molar-refractivity contribution in [2.45, 2.75) is 33.6 Å². The first-order valence-electron chi connectivity index (χ1n) is 8.17. The number of rotatable bonds is 4. The quantitative estimate of drug-likeness (QED) is 0.576. The van der Waals surface area contributed by atoms with Gasteiger partial charge >= 0.3 is 5.97 Å². The summed E-state index contributed by atoms with van der Waals surface area (Å²) in [5, 5.41) is 19.1. The first-order valence-corrected chi connectivity index (χ1v) is 8.17. The summed E-state index contributed by atoms with van der Waals surface area (Å²) >= 11 is 0. The van der Waals surface area contributed by atoms with Gasteiger partial charge in [-0.2, -0.15) is 0 Å². The highest BCUT2D eigenvalue weighted by molar-refractivity contribution is 5.88. The Bertz CT molecular complexity index is 933. The minimum atomic E-state index is -0.962. The molecule has 0 spiro atoms. The van der Waals surface area contributed by atoms with Gasteiger partial charge in [-0.25, -0.2) is 4.79 Å². The van der Waals surface area contributed by atoms with Crippen LogP contribution in [0.25, 0.3) is 0 Å². The highest BCUT2D eigenvalue weighted by Crippen LogP contribution is 2.37. The fourth-order valence-corrected chi connectivity index (χ4v) is 3.27. The lowest BCUT2D eigenvalue weighted by Gasteiger charge is -2.18. The third kappa shape index (κ3) is 2.82. The van der Waals surface area contributed by atoms with Gasteiger partial charge in [-0.15, -0.1) is 0 Å². The molecule has 1 aromatic carbocycles. The molecule has 1 unspecified atom stereocenters. The number of phenols is 1. The Morgan fingerprint density at radius 3 is 2.08 bits per heavy atom. The maximum Gasteiger partial charge on any atom is 0.352 e. The molecule has 130 valence electrons. The molecular formula is C20H22N2O3. The molecule has 2 aromatic heterocycles. The standard InChI is InChI=1S/C20H22N2O3/c1-10-9-21-17(11(10)2)16(14-5-7-15(23)8-6-14)18-12(3)13(4)19(22-18)20(24)25/h5-9,16,21-23H,1-4H3,(H,24,25). The number of aromatic nitrogens is 2. The summed E-state index contributed by atoms with van der Waals surface area (Å²) in [5.41, 5.74) is 7.03. The smallest absolute Gasteiger partial charge is 0.352 e. The summed E-state index contributed by atoms with van der Waals surface area (Å²) in [6.07, 6.45) is 1.96. The van der Waals surface area contributed by atoms with E-state index >= 15 is 0 Å². The zero-order valence-electron chi connectivity index (χ0n) is 14.8. The van der Waals surface area contributed by atoms with Gasteiger partial charge in [0.2, 0.25) is 0 Å². The molecule has 0 radical (unpaired) electrons. The Labute approximate surface area is 146 Å². The molecule has 0 saturated carbocycles. The zero-order valence-corrected chi connectivity index (χ0v) is 14.8. The van der Waals surface area contributed by atoms with Crippen molar-refractivity contribution in [2.75, 3.05) is 0 Å². The normalized spacial score (nSPS) is 12.3. The summed E-state index contributed by atoms with van der Waals surface area (Å²) in [6, 6.07) is 7.03. The number of carbonyl (C=O) groups is 1. The van der Waals surface area contributed by atoms with Crippen LogP contribution in [0.3, 0.4) is 0 Å². The molecule has 0 aliphatic rings. The van der Waals surface area contributed by atoms with Crippen LogP contribution in [-0.4, -0.2) is 26.2 Å². The molecule has 5 nitrogen and oxygen atoms in total. The Kier molecular flexibility index (Phi) is 4.17. The summed E-state index contributed by atoms with van der Waals surface area (Å²) in [4.78, 5) is 18.0. The summed E-state index contributed by atoms with van der Waals surface area (Å²) in [6.45, 7) is 7.85. The number of hydrogen-bond donors (Lipinski definition) is 4. The molecule has 3 aromatic rings. The molecule has 2 heterocycles. The highest BCUT2D eigenvalue weighted by Gasteiger charge is 2.27. The Balaban J connectivity index is 2.25. The van der Waals surface area contributed by atoms with Gasteiger partial charge in [-0.05, 0) is 67.6 Å². The zero-order chi connectivity index (χ0) is 18.3. The van der Waals surface area contributed by atoms with Crippen LogP contribution >= 0.6 is 0 Å². The first-order chi connectivity index (χ1) is 11.8. The highest BCUT2D eigenvalue weighted by atomic mass is 16.4. The molecule has 0 fully saturated rings. The summed E-state index contributed by atoms with van der Waals surface area (Å²) < 4.78 is 0. The molecule has 0 aliphatic heterocycles. The molecule has 4 N–H and O–H groups in total. The van der Waals surface area contributed by atoms with Crippen LogP contribution < -0.4 is 0 Å². The van der Waals surface area contributed by atoms with Gasteiger partial charge in [-0.3, -0.25) is 0 Å². The second-order valence-corrected chi connectivity index (χ2v) is 6.50. The van der Waals surface area contributed by atoms with Gasteiger partial charge < -0.3 is 20.2 Å². The van der Waals surface area contributed by atoms with Crippen molar-refractivity contribution >= 4 is 5.97 Å². The van der Waals surface area contributed by atoms with E-state index < -0.39 is 5.97 Å². The lowest BCUT2D eigenvalue weighted by Crippen LogP contribution is -2.08. The van der Waals surface area contributed by atoms with Crippen LogP contribution in [0.15, 0.2) is 30.5 Å². The third-order valence-corrected chi connectivity index (χ3v) is 5.06. The summed E-state index contributed by atoms with van der Waals surface area (Å²) in [5.74, 6) is -0.927. The molecule has 0 saturated heterocycles. The molecule has 0 bridgehead atoms. The second-order valence-electron chi connectivity index (χ2n) is 6.50. The SMILES string of the molecule is Cc1c[nH]c(C(c2ccc(O)cc2)c2[nH]c(C(=O)O)c(C)c2C)c1C. The van der Waals surface area contributed by atoms with Gasteiger partial charge in [0.15, 0.2) is 0 Å². The van der Waals surface area contributed by atoms with E-state index in [4.69, 9.17) is 0 Å². The molecular weight excluding hydrogens is 316 g/mol. The molecule has 3 rings (SSSR count). The van der Waals surface area contributed by atoms with Crippen LogP contribution in [0.1, 0.15) is 55.6 Å². The Hall–Kier alpha value is -2.95. The lowest BCUT2D eigenvalue weighted by molar-refractivity contribution is 0.0690. The van der Waals surface area contributed by atoms with E-state index in [0.29, 0.717) is 0 Å². The van der Waals surface area contributed by atoms with Crippen LogP contribution in [0.5, 0.6) is 5.75 Å². The average Bonchev–Trinajstić information content (AvgIpc) is 3.05. The topological polar surface area (TPSA) is 89.1 Å². The Morgan fingerprint density at radius 2 is 1.60 bits per heavy atom. The fraction of sp³-hybridized carbons (Fsp3) is 0.250. The number of aryl methyl sites for hydroxylation is 1. The van der Waals surface area contributed by atoms with Crippen LogP contribution in [0.4, 0.5) is 0 Å². The third-order valence-electron chi connectivity index (χ3n) is 5.06. The van der Waals surface area contributed by atoms with E-state index in [1.165, 1.54) is 0 Å². The van der Waals surface area contributed by atoms with Crippen molar-refractivity contribution in [3.63, 3.8) is 0 Å². The number of aromatic hydroxyl groups is 1. The minimum absolute atomic E-state index is 0.166. The minimum Gasteiger partial charge on any atom is -0.508 e. The van der Waals surface area contributed by atoms with Crippen LogP contribution in [-0.2, 0) is 0 Å². The van der Waals surface area contributed by atoms with Crippen LogP contribution in [0.2, 0.25) is 0 Å². The van der Waals surface area contributed by atoms with Crippen LogP contribution in [0, 0.1) is 27.7 Å². The predicted molar refractivity (Wildman–Crippen MR) is 96.5 cm³/mol. The maximum atomic E-state index is 11.5. The molecule has 25 heavy (non-hydrogen) atoms. The number of carboxylic acid groups (broad SMARTS) is 1. The van der Waals surface area contributed by atoms with E-state index in [2.05, 4.69) is 16.9 Å². The number of nitrogens with one attached hydrogen (secondary N) is 2. The number of phenolic OH excluding ortho intramolecular Hbond substituents is 1. The van der Waals surface area contributed by atoms with Gasteiger partial charge in [0, 0.05) is 17.6 Å². The second kappa shape index (κ2) is 6.16. The summed E-state index contributed by atoms with van der Waals surface area (Å²) in [7, 11) is 0. The molecule has 0 aliphatic carbocycles. The van der Waals surface area contributed by atoms with Gasteiger partial charge in [-0.1, -0.05) is 12.1 Å². The molecule has 5 heteroatoms. The van der Waals surface area contributed by atoms with Gasteiger partial charge in [0.1, 0.15) is 11.4 Å². The molecule has 0 amide bonds. The van der Waals surface area contributed by atoms with Crippen molar-refractivity contribution in [3.05, 3.63) is 75.4 Å². The number of hydrogen-bond acceptors (Lipinski definition) is 2. The predicted octanol–water partition coefficient (Wildman–Crippen LogP) is 4.16. The fourth-order valence-electron chi connectivity index (χ4n) is 3.27. The van der Waals surface area contributed by atoms with E-state index in [9.17, 15) is 15.0 Å². The number of aromatic carboxylic acids is 1. The number of H-pyrrole nitrogens is 2. The van der Waals surface area contributed by atoms with Gasteiger partial charge in [0.05, 0.1) is 5.92 Å². The molecule has 1 atom stereocenters. The van der Waals surface area contributed by atoms with Crippen molar-refractivity contribution in [2.24, 2.45) is 0 Å². The average molecular weight is 338 g/mol. The number of aromatic amines is 2. The monoisotopic (exact) mass is 338 g/mol. The van der Waals surface area contributed by atoms with Gasteiger partial charge in [0.25, 0.3) is 0 Å². The van der Waals surface area contributed by atoms with Crippen molar-refractivity contribution in [3.8, 4) is 5.75 Å². The number of benzene rings is 1. The Morgan fingerprint density at radius 1 is 0.960 bits per heavy atom. The van der Waals surface area contributed by atoms with E-state index in [1.54, 1.807) is 12.1 Å². The lowest BCUT2D eigenvalue weighted by atomic mass is 9.88. The largest absolute Gasteiger partial charge is 0.508 e. The maximum absolute atomic E-state index is 11.5. The first kappa shape index (κ1) is 16.9. The van der Waals surface area contributed by atoms with Crippen molar-refractivity contribution in [1.29, 1.82) is 0 Å². The van der Waals surface area contributed by atoms with Crippen molar-refractivity contribution in [1.82, 2.24) is 9.97 Å². The van der Waals surface area contributed by atoms with Crippen molar-refractivity contribution < 1.29 is 15.0 Å². The van der Waals surface area contributed by atoms with E-state index in [1.807, 2.05) is 39.1 Å². The van der Waals surface area contributed by atoms with E-state index in [-0.39, 0.29) is 17.4 Å². The number of carboxylic acids is 1.